The fourth-order valence-corrected chi connectivity index (χ4v) is 0.891. The molecule has 1 rings (SSSR count). The Labute approximate surface area is 82.5 Å². The number of pyridine rings is 1. The average Bonchev–Trinajstić information content (AvgIpc) is 2.19. The number of carbonyl (C=O) groups is 1. The molecule has 72 valence electrons. The van der Waals surface area contributed by atoms with Gasteiger partial charge in [0.2, 0.25) is 5.91 Å². The Morgan fingerprint density at radius 2 is 2.57 bits per heavy atom. The van der Waals surface area contributed by atoms with Gasteiger partial charge in [0, 0.05) is 12.6 Å². The third-order valence-electron chi connectivity index (χ3n) is 1.60. The van der Waals surface area contributed by atoms with E-state index in [-0.39, 0.29) is 12.3 Å². The van der Waals surface area contributed by atoms with Crippen molar-refractivity contribution in [2.75, 3.05) is 5.32 Å². The number of aromatic nitrogens is 1. The van der Waals surface area contributed by atoms with E-state index in [0.717, 1.165) is 0 Å². The van der Waals surface area contributed by atoms with Crippen molar-refractivity contribution in [3.63, 3.8) is 0 Å². The second kappa shape index (κ2) is 5.00. The van der Waals surface area contributed by atoms with Gasteiger partial charge in [0.25, 0.3) is 0 Å². The van der Waals surface area contributed by atoms with Crippen molar-refractivity contribution in [3.8, 4) is 12.3 Å². The third kappa shape index (κ3) is 2.88. The number of rotatable bonds is 3. The van der Waals surface area contributed by atoms with Crippen molar-refractivity contribution < 1.29 is 4.79 Å². The first kappa shape index (κ1) is 10.2. The van der Waals surface area contributed by atoms with Gasteiger partial charge in [-0.05, 0) is 12.1 Å². The van der Waals surface area contributed by atoms with E-state index in [2.05, 4.69) is 16.2 Å². The van der Waals surface area contributed by atoms with Crippen LogP contribution in [0.15, 0.2) is 24.5 Å². The molecule has 0 aromatic carbocycles. The highest BCUT2D eigenvalue weighted by atomic mass is 16.2. The zero-order chi connectivity index (χ0) is 10.4. The van der Waals surface area contributed by atoms with E-state index in [4.69, 9.17) is 12.2 Å². The Hall–Kier alpha value is -1.86. The Balaban J connectivity index is 2.54. The molecule has 0 radical (unpaired) electrons. The quantitative estimate of drug-likeness (QED) is 0.675. The average molecular weight is 189 g/mol. The molecule has 14 heavy (non-hydrogen) atoms. The summed E-state index contributed by atoms with van der Waals surface area (Å²) in [6.07, 6.45) is 8.43. The van der Waals surface area contributed by atoms with E-state index in [1.807, 2.05) is 0 Å². The van der Waals surface area contributed by atoms with Crippen LogP contribution >= 0.6 is 0 Å². The highest BCUT2D eigenvalue weighted by Gasteiger charge is 2.11. The molecule has 0 bridgehead atoms. The zero-order valence-corrected chi connectivity index (χ0v) is 7.60. The van der Waals surface area contributed by atoms with Crippen LogP contribution in [0.3, 0.4) is 0 Å². The summed E-state index contributed by atoms with van der Waals surface area (Å²) >= 11 is 0. The van der Waals surface area contributed by atoms with E-state index in [1.54, 1.807) is 24.5 Å². The summed E-state index contributed by atoms with van der Waals surface area (Å²) in [5, 5.41) is 2.60. The summed E-state index contributed by atoms with van der Waals surface area (Å²) in [7, 11) is 0. The van der Waals surface area contributed by atoms with E-state index >= 15 is 0 Å². The van der Waals surface area contributed by atoms with E-state index in [9.17, 15) is 4.79 Å². The summed E-state index contributed by atoms with van der Waals surface area (Å²) in [5.41, 5.74) is 6.12. The van der Waals surface area contributed by atoms with E-state index in [0.29, 0.717) is 5.69 Å². The molecule has 0 aliphatic heterocycles. The van der Waals surface area contributed by atoms with Gasteiger partial charge in [-0.15, -0.1) is 12.3 Å². The highest BCUT2D eigenvalue weighted by molar-refractivity contribution is 5.94. The van der Waals surface area contributed by atoms with Gasteiger partial charge in [0.15, 0.2) is 0 Å². The SMILES string of the molecule is C#CCC(N)C(=O)Nc1cccnc1. The molecular formula is C10H11N3O. The monoisotopic (exact) mass is 189 g/mol. The summed E-state index contributed by atoms with van der Waals surface area (Å²) in [5.74, 6) is 2.04. The molecule has 0 aliphatic carbocycles. The minimum atomic E-state index is -0.666. The highest BCUT2D eigenvalue weighted by Crippen LogP contribution is 2.03. The number of amides is 1. The van der Waals surface area contributed by atoms with Gasteiger partial charge in [0.1, 0.15) is 0 Å². The van der Waals surface area contributed by atoms with Crippen LogP contribution in [0, 0.1) is 12.3 Å². The molecule has 1 unspecified atom stereocenters. The molecule has 4 nitrogen and oxygen atoms in total. The summed E-state index contributed by atoms with van der Waals surface area (Å²) in [6.45, 7) is 0. The maximum absolute atomic E-state index is 11.3. The number of nitrogens with two attached hydrogens (primary N) is 1. The standard InChI is InChI=1S/C10H11N3O/c1-2-4-9(11)10(14)13-8-5-3-6-12-7-8/h1,3,5-7,9H,4,11H2,(H,13,14). The lowest BCUT2D eigenvalue weighted by molar-refractivity contribution is -0.117. The fourth-order valence-electron chi connectivity index (χ4n) is 0.891. The molecule has 1 aromatic heterocycles. The molecule has 0 saturated heterocycles. The van der Waals surface area contributed by atoms with Crippen molar-refractivity contribution in [1.82, 2.24) is 4.98 Å². The lowest BCUT2D eigenvalue weighted by Crippen LogP contribution is -2.35. The molecule has 1 heterocycles. The lowest BCUT2D eigenvalue weighted by Gasteiger charge is -2.08. The van der Waals surface area contributed by atoms with E-state index < -0.39 is 6.04 Å². The molecule has 0 fully saturated rings. The predicted molar refractivity (Wildman–Crippen MR) is 54.3 cm³/mol. The van der Waals surface area contributed by atoms with Crippen LogP contribution in [0.1, 0.15) is 6.42 Å². The van der Waals surface area contributed by atoms with E-state index in [1.165, 1.54) is 0 Å². The second-order valence-electron chi connectivity index (χ2n) is 2.75. The van der Waals surface area contributed by atoms with Crippen LogP contribution in [0.4, 0.5) is 5.69 Å². The number of hydrogen-bond donors (Lipinski definition) is 2. The first-order chi connectivity index (χ1) is 6.74. The number of hydrogen-bond acceptors (Lipinski definition) is 3. The van der Waals surface area contributed by atoms with Crippen LogP contribution < -0.4 is 11.1 Å². The predicted octanol–water partition coefficient (Wildman–Crippen LogP) is 0.371. The summed E-state index contributed by atoms with van der Waals surface area (Å²) < 4.78 is 0. The molecule has 1 aromatic rings. The number of nitrogens with zero attached hydrogens (tertiary/aromatic N) is 1. The van der Waals surface area contributed by atoms with Crippen LogP contribution in [-0.2, 0) is 4.79 Å². The normalized spacial score (nSPS) is 11.4. The van der Waals surface area contributed by atoms with Gasteiger partial charge in [-0.3, -0.25) is 9.78 Å². The molecule has 1 amide bonds. The van der Waals surface area contributed by atoms with Crippen molar-refractivity contribution in [3.05, 3.63) is 24.5 Å². The van der Waals surface area contributed by atoms with Crippen molar-refractivity contribution in [2.45, 2.75) is 12.5 Å². The van der Waals surface area contributed by atoms with Crippen LogP contribution in [0.5, 0.6) is 0 Å². The number of anilines is 1. The number of carbonyl (C=O) groups excluding carboxylic acids is 1. The summed E-state index contributed by atoms with van der Waals surface area (Å²) in [6, 6.07) is 2.79. The van der Waals surface area contributed by atoms with Gasteiger partial charge >= 0.3 is 0 Å². The van der Waals surface area contributed by atoms with Crippen molar-refractivity contribution >= 4 is 11.6 Å². The molecule has 3 N–H and O–H groups in total. The number of terminal acetylenes is 1. The fraction of sp³-hybridized carbons (Fsp3) is 0.200. The topological polar surface area (TPSA) is 68.0 Å². The van der Waals surface area contributed by atoms with Gasteiger partial charge in [-0.2, -0.15) is 0 Å². The maximum atomic E-state index is 11.3. The van der Waals surface area contributed by atoms with Crippen molar-refractivity contribution in [2.24, 2.45) is 5.73 Å². The lowest BCUT2D eigenvalue weighted by atomic mass is 10.2. The molecule has 0 saturated carbocycles. The van der Waals surface area contributed by atoms with Crippen LogP contribution in [-0.4, -0.2) is 16.9 Å². The Morgan fingerprint density at radius 3 is 3.14 bits per heavy atom. The molecule has 1 atom stereocenters. The third-order valence-corrected chi connectivity index (χ3v) is 1.60. The minimum Gasteiger partial charge on any atom is -0.323 e. The first-order valence-corrected chi connectivity index (χ1v) is 4.14. The van der Waals surface area contributed by atoms with Gasteiger partial charge < -0.3 is 11.1 Å². The first-order valence-electron chi connectivity index (χ1n) is 4.14. The van der Waals surface area contributed by atoms with Crippen molar-refractivity contribution in [1.29, 1.82) is 0 Å². The zero-order valence-electron chi connectivity index (χ0n) is 7.60. The Kier molecular flexibility index (Phi) is 3.65. The second-order valence-corrected chi connectivity index (χ2v) is 2.75. The Bertz CT molecular complexity index is 342. The van der Waals surface area contributed by atoms with Crippen LogP contribution in [0.25, 0.3) is 0 Å². The molecule has 0 aliphatic rings. The van der Waals surface area contributed by atoms with Crippen LogP contribution in [0.2, 0.25) is 0 Å². The number of nitrogens with one attached hydrogen (secondary N) is 1. The summed E-state index contributed by atoms with van der Waals surface area (Å²) in [4.78, 5) is 15.2. The molecule has 4 heteroatoms. The molecule has 0 spiro atoms. The Morgan fingerprint density at radius 1 is 1.79 bits per heavy atom. The largest absolute Gasteiger partial charge is 0.323 e. The van der Waals surface area contributed by atoms with Gasteiger partial charge in [-0.25, -0.2) is 0 Å². The maximum Gasteiger partial charge on any atom is 0.242 e. The molecular weight excluding hydrogens is 178 g/mol. The van der Waals surface area contributed by atoms with Gasteiger partial charge in [-0.1, -0.05) is 0 Å². The smallest absolute Gasteiger partial charge is 0.242 e. The minimum absolute atomic E-state index is 0.228. The van der Waals surface area contributed by atoms with Gasteiger partial charge in [0.05, 0.1) is 17.9 Å².